The fourth-order valence-electron chi connectivity index (χ4n) is 4.79. The van der Waals surface area contributed by atoms with Crippen molar-refractivity contribution in [3.05, 3.63) is 11.6 Å². The summed E-state index contributed by atoms with van der Waals surface area (Å²) in [6, 6.07) is 0. The number of rotatable bonds is 2. The predicted octanol–water partition coefficient (Wildman–Crippen LogP) is 3.35. The van der Waals surface area contributed by atoms with E-state index in [1.165, 1.54) is 32.1 Å². The van der Waals surface area contributed by atoms with Gasteiger partial charge >= 0.3 is 0 Å². The standard InChI is InChI=1S/C14H20O/c1-14-7-6-10(3-2-8-15)13(14)11-4-5-12(14)9-11/h3,8,11-13H,2,4-7,9H2,1H3/b10-3+/t11?,12?,13-,14+/m1/s1. The third-order valence-electron chi connectivity index (χ3n) is 5.42. The van der Waals surface area contributed by atoms with E-state index in [0.29, 0.717) is 11.8 Å². The zero-order valence-corrected chi connectivity index (χ0v) is 9.54. The third-order valence-corrected chi connectivity index (χ3v) is 5.42. The summed E-state index contributed by atoms with van der Waals surface area (Å²) in [7, 11) is 0. The maximum absolute atomic E-state index is 10.4. The van der Waals surface area contributed by atoms with Crippen molar-refractivity contribution < 1.29 is 4.79 Å². The van der Waals surface area contributed by atoms with Crippen LogP contribution in [0.25, 0.3) is 0 Å². The number of allylic oxidation sites excluding steroid dienone is 2. The fourth-order valence-corrected chi connectivity index (χ4v) is 4.79. The van der Waals surface area contributed by atoms with E-state index in [4.69, 9.17) is 0 Å². The Hall–Kier alpha value is -0.590. The molecule has 3 aliphatic carbocycles. The van der Waals surface area contributed by atoms with Crippen molar-refractivity contribution in [1.82, 2.24) is 0 Å². The highest BCUT2D eigenvalue weighted by molar-refractivity contribution is 5.52. The lowest BCUT2D eigenvalue weighted by Gasteiger charge is -2.36. The number of carbonyl (C=O) groups is 1. The molecule has 0 radical (unpaired) electrons. The molecule has 0 heterocycles. The zero-order valence-electron chi connectivity index (χ0n) is 9.54. The van der Waals surface area contributed by atoms with E-state index < -0.39 is 0 Å². The van der Waals surface area contributed by atoms with Crippen molar-refractivity contribution in [3.8, 4) is 0 Å². The van der Waals surface area contributed by atoms with Crippen molar-refractivity contribution in [3.63, 3.8) is 0 Å². The van der Waals surface area contributed by atoms with Gasteiger partial charge < -0.3 is 4.79 Å². The van der Waals surface area contributed by atoms with Crippen molar-refractivity contribution in [2.24, 2.45) is 23.2 Å². The van der Waals surface area contributed by atoms with Gasteiger partial charge in [-0.15, -0.1) is 0 Å². The summed E-state index contributed by atoms with van der Waals surface area (Å²) in [4.78, 5) is 10.4. The lowest BCUT2D eigenvalue weighted by Crippen LogP contribution is -2.29. The molecule has 1 nitrogen and oxygen atoms in total. The van der Waals surface area contributed by atoms with Crippen LogP contribution in [0.2, 0.25) is 0 Å². The maximum atomic E-state index is 10.4. The molecule has 1 heteroatoms. The molecule has 0 spiro atoms. The summed E-state index contributed by atoms with van der Waals surface area (Å²) in [6.45, 7) is 2.50. The second-order valence-corrected chi connectivity index (χ2v) is 5.93. The third kappa shape index (κ3) is 1.18. The van der Waals surface area contributed by atoms with Gasteiger partial charge in [0.15, 0.2) is 0 Å². The van der Waals surface area contributed by atoms with Gasteiger partial charge in [0.1, 0.15) is 6.29 Å². The van der Waals surface area contributed by atoms with E-state index in [2.05, 4.69) is 13.0 Å². The average molecular weight is 204 g/mol. The van der Waals surface area contributed by atoms with E-state index in [9.17, 15) is 4.79 Å². The molecular formula is C14H20O. The van der Waals surface area contributed by atoms with Gasteiger partial charge in [0.2, 0.25) is 0 Å². The molecule has 3 saturated carbocycles. The van der Waals surface area contributed by atoms with Gasteiger partial charge in [0, 0.05) is 6.42 Å². The topological polar surface area (TPSA) is 17.1 Å². The highest BCUT2D eigenvalue weighted by Gasteiger charge is 2.58. The van der Waals surface area contributed by atoms with Crippen LogP contribution in [0.3, 0.4) is 0 Å². The predicted molar refractivity (Wildman–Crippen MR) is 60.4 cm³/mol. The van der Waals surface area contributed by atoms with Crippen molar-refractivity contribution in [2.45, 2.75) is 45.4 Å². The van der Waals surface area contributed by atoms with Crippen molar-refractivity contribution in [2.75, 3.05) is 0 Å². The van der Waals surface area contributed by atoms with Crippen molar-refractivity contribution in [1.29, 1.82) is 0 Å². The largest absolute Gasteiger partial charge is 0.303 e. The molecule has 0 aromatic heterocycles. The first-order chi connectivity index (χ1) is 7.25. The van der Waals surface area contributed by atoms with Crippen molar-refractivity contribution >= 4 is 6.29 Å². The number of carbonyl (C=O) groups excluding carboxylic acids is 1. The summed E-state index contributed by atoms with van der Waals surface area (Å²) >= 11 is 0. The van der Waals surface area contributed by atoms with E-state index in [-0.39, 0.29) is 0 Å². The monoisotopic (exact) mass is 204 g/mol. The fraction of sp³-hybridized carbons (Fsp3) is 0.786. The van der Waals surface area contributed by atoms with Crippen LogP contribution in [0.1, 0.15) is 45.4 Å². The maximum Gasteiger partial charge on any atom is 0.123 e. The highest BCUT2D eigenvalue weighted by atomic mass is 16.1. The summed E-state index contributed by atoms with van der Waals surface area (Å²) < 4.78 is 0. The Balaban J connectivity index is 1.90. The van der Waals surface area contributed by atoms with Crippen LogP contribution in [-0.4, -0.2) is 6.29 Å². The summed E-state index contributed by atoms with van der Waals surface area (Å²) in [5.74, 6) is 2.80. The Morgan fingerprint density at radius 2 is 2.33 bits per heavy atom. The molecule has 0 aromatic carbocycles. The van der Waals surface area contributed by atoms with Crippen LogP contribution < -0.4 is 0 Å². The first kappa shape index (κ1) is 9.62. The molecule has 15 heavy (non-hydrogen) atoms. The molecule has 0 amide bonds. The molecule has 0 aromatic rings. The van der Waals surface area contributed by atoms with Gasteiger partial charge in [-0.3, -0.25) is 0 Å². The van der Waals surface area contributed by atoms with Crippen LogP contribution in [-0.2, 0) is 4.79 Å². The van der Waals surface area contributed by atoms with E-state index in [1.807, 2.05) is 0 Å². The minimum atomic E-state index is 0.609. The van der Waals surface area contributed by atoms with Crippen LogP contribution >= 0.6 is 0 Å². The van der Waals surface area contributed by atoms with Crippen LogP contribution in [0, 0.1) is 23.2 Å². The number of hydrogen-bond donors (Lipinski definition) is 0. The molecule has 0 aliphatic heterocycles. The molecule has 82 valence electrons. The molecule has 2 unspecified atom stereocenters. The SMILES string of the molecule is C[C@@]12CC/C(=C\CC=O)[C@@H]1C1CCC2C1. The molecule has 3 aliphatic rings. The molecular weight excluding hydrogens is 184 g/mol. The van der Waals surface area contributed by atoms with Gasteiger partial charge in [-0.2, -0.15) is 0 Å². The number of aldehydes is 1. The Labute approximate surface area is 91.9 Å². The molecule has 0 saturated heterocycles. The Morgan fingerprint density at radius 3 is 3.13 bits per heavy atom. The number of hydrogen-bond acceptors (Lipinski definition) is 1. The lowest BCUT2D eigenvalue weighted by atomic mass is 9.68. The molecule has 3 rings (SSSR count). The Bertz CT molecular complexity index is 317. The normalized spacial score (nSPS) is 49.9. The first-order valence-corrected chi connectivity index (χ1v) is 6.38. The summed E-state index contributed by atoms with van der Waals surface area (Å²) in [5, 5.41) is 0. The minimum Gasteiger partial charge on any atom is -0.303 e. The molecule has 3 fully saturated rings. The lowest BCUT2D eigenvalue weighted by molar-refractivity contribution is -0.107. The molecule has 4 atom stereocenters. The quantitative estimate of drug-likeness (QED) is 0.498. The van der Waals surface area contributed by atoms with E-state index in [0.717, 1.165) is 24.0 Å². The van der Waals surface area contributed by atoms with Gasteiger partial charge in [-0.25, -0.2) is 0 Å². The summed E-state index contributed by atoms with van der Waals surface area (Å²) in [6.07, 6.45) is 10.9. The number of fused-ring (bicyclic) bond motifs is 5. The second kappa shape index (κ2) is 3.20. The van der Waals surface area contributed by atoms with Crippen LogP contribution in [0.15, 0.2) is 11.6 Å². The highest BCUT2D eigenvalue weighted by Crippen LogP contribution is 2.67. The summed E-state index contributed by atoms with van der Waals surface area (Å²) in [5.41, 5.74) is 2.23. The van der Waals surface area contributed by atoms with Crippen LogP contribution in [0.4, 0.5) is 0 Å². The van der Waals surface area contributed by atoms with E-state index in [1.54, 1.807) is 5.57 Å². The second-order valence-electron chi connectivity index (χ2n) is 5.93. The van der Waals surface area contributed by atoms with Gasteiger partial charge in [-0.1, -0.05) is 18.6 Å². The van der Waals surface area contributed by atoms with Gasteiger partial charge in [-0.05, 0) is 55.3 Å². The molecule has 0 N–H and O–H groups in total. The Morgan fingerprint density at radius 1 is 1.47 bits per heavy atom. The van der Waals surface area contributed by atoms with E-state index >= 15 is 0 Å². The Kier molecular flexibility index (Phi) is 2.05. The smallest absolute Gasteiger partial charge is 0.123 e. The first-order valence-electron chi connectivity index (χ1n) is 6.38. The minimum absolute atomic E-state index is 0.609. The van der Waals surface area contributed by atoms with Gasteiger partial charge in [0.05, 0.1) is 0 Å². The zero-order chi connectivity index (χ0) is 10.5. The van der Waals surface area contributed by atoms with Gasteiger partial charge in [0.25, 0.3) is 0 Å². The molecule has 2 bridgehead atoms. The average Bonchev–Trinajstić information content (AvgIpc) is 2.85. The van der Waals surface area contributed by atoms with Crippen LogP contribution in [0.5, 0.6) is 0 Å².